The molecular formula is C10H9ClN2O2. The van der Waals surface area contributed by atoms with Crippen molar-refractivity contribution in [2.45, 2.75) is 0 Å². The van der Waals surface area contributed by atoms with E-state index >= 15 is 0 Å². The first-order chi connectivity index (χ1) is 7.15. The van der Waals surface area contributed by atoms with Crippen LogP contribution in [-0.4, -0.2) is 22.6 Å². The molecule has 0 spiro atoms. The minimum Gasteiger partial charge on any atom is -0.465 e. The molecule has 0 saturated heterocycles. The maximum Gasteiger partial charge on any atom is 0.338 e. The van der Waals surface area contributed by atoms with E-state index in [0.29, 0.717) is 21.7 Å². The lowest BCUT2D eigenvalue weighted by Gasteiger charge is -2.00. The molecule has 15 heavy (non-hydrogen) atoms. The zero-order valence-corrected chi connectivity index (χ0v) is 9.08. The molecule has 0 radical (unpaired) electrons. The molecule has 0 saturated carbocycles. The average Bonchev–Trinajstić information content (AvgIpc) is 2.54. The number of carbonyl (C=O) groups is 1. The number of fused-ring (bicyclic) bond motifs is 1. The number of carbonyl (C=O) groups excluding carboxylic acids is 1. The van der Waals surface area contributed by atoms with Crippen molar-refractivity contribution < 1.29 is 9.53 Å². The minimum absolute atomic E-state index is 0.385. The topological polar surface area (TPSA) is 44.1 Å². The lowest BCUT2D eigenvalue weighted by Crippen LogP contribution is -2.02. The number of aryl methyl sites for hydroxylation is 1. The predicted octanol–water partition coefficient (Wildman–Crippen LogP) is 2.01. The van der Waals surface area contributed by atoms with Gasteiger partial charge < -0.3 is 9.30 Å². The third-order valence-corrected chi connectivity index (χ3v) is 2.64. The number of nitrogens with zero attached hydrogens (tertiary/aromatic N) is 2. The van der Waals surface area contributed by atoms with Gasteiger partial charge in [0, 0.05) is 18.6 Å². The Labute approximate surface area is 91.4 Å². The second-order valence-electron chi connectivity index (χ2n) is 3.11. The number of esters is 1. The quantitative estimate of drug-likeness (QED) is 0.696. The Morgan fingerprint density at radius 1 is 1.60 bits per heavy atom. The summed E-state index contributed by atoms with van der Waals surface area (Å²) in [4.78, 5) is 15.6. The van der Waals surface area contributed by atoms with Crippen LogP contribution in [0.15, 0.2) is 18.3 Å². The number of hydrogen-bond acceptors (Lipinski definition) is 3. The monoisotopic (exact) mass is 224 g/mol. The Bertz CT molecular complexity index is 533. The number of ether oxygens (including phenoxy) is 1. The van der Waals surface area contributed by atoms with Crippen molar-refractivity contribution in [3.63, 3.8) is 0 Å². The fraction of sp³-hybridized carbons (Fsp3) is 0.200. The van der Waals surface area contributed by atoms with Gasteiger partial charge in [0.05, 0.1) is 12.7 Å². The van der Waals surface area contributed by atoms with Crippen molar-refractivity contribution in [1.29, 1.82) is 0 Å². The second-order valence-corrected chi connectivity index (χ2v) is 3.50. The number of rotatable bonds is 1. The number of halogens is 1. The number of hydrogen-bond donors (Lipinski definition) is 0. The summed E-state index contributed by atoms with van der Waals surface area (Å²) in [5.41, 5.74) is 1.15. The molecule has 2 heterocycles. The SMILES string of the molecule is COC(=O)c1ccnc2c1cc(Cl)n2C. The van der Waals surface area contributed by atoms with E-state index in [1.807, 2.05) is 0 Å². The highest BCUT2D eigenvalue weighted by Gasteiger charge is 2.14. The van der Waals surface area contributed by atoms with Crippen LogP contribution in [0.25, 0.3) is 11.0 Å². The lowest BCUT2D eigenvalue weighted by molar-refractivity contribution is 0.0603. The first kappa shape index (κ1) is 9.98. The van der Waals surface area contributed by atoms with Gasteiger partial charge in [0.1, 0.15) is 10.8 Å². The van der Waals surface area contributed by atoms with Gasteiger partial charge in [0.25, 0.3) is 0 Å². The van der Waals surface area contributed by atoms with Crippen LogP contribution in [0.2, 0.25) is 5.15 Å². The van der Waals surface area contributed by atoms with Crippen molar-refractivity contribution in [3.05, 3.63) is 29.0 Å². The summed E-state index contributed by atoms with van der Waals surface area (Å²) in [5, 5.41) is 1.24. The molecule has 0 unspecified atom stereocenters. The average molecular weight is 225 g/mol. The molecule has 0 aliphatic rings. The van der Waals surface area contributed by atoms with E-state index in [1.165, 1.54) is 7.11 Å². The Morgan fingerprint density at radius 3 is 3.00 bits per heavy atom. The van der Waals surface area contributed by atoms with Crippen LogP contribution < -0.4 is 0 Å². The van der Waals surface area contributed by atoms with Crippen molar-refractivity contribution in [2.24, 2.45) is 7.05 Å². The molecule has 0 bridgehead atoms. The van der Waals surface area contributed by atoms with Gasteiger partial charge in [-0.15, -0.1) is 0 Å². The van der Waals surface area contributed by atoms with Crippen molar-refractivity contribution in [3.8, 4) is 0 Å². The molecule has 0 atom stereocenters. The summed E-state index contributed by atoms with van der Waals surface area (Å²) < 4.78 is 6.39. The number of pyridine rings is 1. The van der Waals surface area contributed by atoms with Gasteiger partial charge in [-0.1, -0.05) is 11.6 Å². The summed E-state index contributed by atoms with van der Waals surface area (Å²) in [7, 11) is 3.14. The second kappa shape index (κ2) is 3.55. The zero-order valence-electron chi connectivity index (χ0n) is 8.32. The van der Waals surface area contributed by atoms with E-state index in [9.17, 15) is 4.79 Å². The minimum atomic E-state index is -0.385. The smallest absolute Gasteiger partial charge is 0.338 e. The van der Waals surface area contributed by atoms with Gasteiger partial charge in [-0.25, -0.2) is 9.78 Å². The molecule has 0 N–H and O–H groups in total. The summed E-state index contributed by atoms with van der Waals surface area (Å²) in [6, 6.07) is 3.32. The molecular weight excluding hydrogens is 216 g/mol. The normalized spacial score (nSPS) is 10.6. The predicted molar refractivity (Wildman–Crippen MR) is 57.1 cm³/mol. The molecule has 2 aromatic rings. The third kappa shape index (κ3) is 1.47. The van der Waals surface area contributed by atoms with E-state index in [1.54, 1.807) is 29.9 Å². The Balaban J connectivity index is 2.77. The van der Waals surface area contributed by atoms with Gasteiger partial charge >= 0.3 is 5.97 Å². The van der Waals surface area contributed by atoms with Crippen molar-refractivity contribution >= 4 is 28.6 Å². The molecule has 5 heteroatoms. The lowest BCUT2D eigenvalue weighted by atomic mass is 10.2. The van der Waals surface area contributed by atoms with E-state index < -0.39 is 0 Å². The van der Waals surface area contributed by atoms with Crippen molar-refractivity contribution in [2.75, 3.05) is 7.11 Å². The molecule has 78 valence electrons. The largest absolute Gasteiger partial charge is 0.465 e. The summed E-state index contributed by atoms with van der Waals surface area (Å²) >= 11 is 5.94. The van der Waals surface area contributed by atoms with Gasteiger partial charge in [0.2, 0.25) is 0 Å². The molecule has 4 nitrogen and oxygen atoms in total. The Hall–Kier alpha value is -1.55. The summed E-state index contributed by atoms with van der Waals surface area (Å²) in [5.74, 6) is -0.385. The molecule has 0 aromatic carbocycles. The Kier molecular flexibility index (Phi) is 2.36. The molecule has 0 aliphatic heterocycles. The standard InChI is InChI=1S/C10H9ClN2O2/c1-13-8(11)5-7-6(10(14)15-2)3-4-12-9(7)13/h3-5H,1-2H3. The van der Waals surface area contributed by atoms with Crippen LogP contribution >= 0.6 is 11.6 Å². The molecule has 2 aromatic heterocycles. The van der Waals surface area contributed by atoms with Crippen LogP contribution in [0.5, 0.6) is 0 Å². The van der Waals surface area contributed by atoms with E-state index in [-0.39, 0.29) is 5.97 Å². The van der Waals surface area contributed by atoms with Crippen LogP contribution in [0.3, 0.4) is 0 Å². The van der Waals surface area contributed by atoms with E-state index in [0.717, 1.165) is 0 Å². The fourth-order valence-electron chi connectivity index (χ4n) is 1.48. The molecule has 0 amide bonds. The fourth-order valence-corrected chi connectivity index (χ4v) is 1.67. The number of methoxy groups -OCH3 is 1. The molecule has 2 rings (SSSR count). The van der Waals surface area contributed by atoms with E-state index in [2.05, 4.69) is 9.72 Å². The van der Waals surface area contributed by atoms with Crippen LogP contribution in [0, 0.1) is 0 Å². The highest BCUT2D eigenvalue weighted by molar-refractivity contribution is 6.31. The van der Waals surface area contributed by atoms with Gasteiger partial charge in [0.15, 0.2) is 0 Å². The van der Waals surface area contributed by atoms with Gasteiger partial charge in [-0.2, -0.15) is 0 Å². The molecule has 0 fully saturated rings. The van der Waals surface area contributed by atoms with Crippen LogP contribution in [0.1, 0.15) is 10.4 Å². The van der Waals surface area contributed by atoms with Gasteiger partial charge in [-0.05, 0) is 12.1 Å². The highest BCUT2D eigenvalue weighted by Crippen LogP contribution is 2.23. The Morgan fingerprint density at radius 2 is 2.33 bits per heavy atom. The number of aromatic nitrogens is 2. The van der Waals surface area contributed by atoms with Gasteiger partial charge in [-0.3, -0.25) is 0 Å². The van der Waals surface area contributed by atoms with Crippen LogP contribution in [0.4, 0.5) is 0 Å². The molecule has 0 aliphatic carbocycles. The van der Waals surface area contributed by atoms with Crippen molar-refractivity contribution in [1.82, 2.24) is 9.55 Å². The summed E-state index contributed by atoms with van der Waals surface area (Å²) in [6.45, 7) is 0. The first-order valence-electron chi connectivity index (χ1n) is 4.33. The zero-order chi connectivity index (χ0) is 11.0. The maximum absolute atomic E-state index is 11.4. The summed E-state index contributed by atoms with van der Waals surface area (Å²) in [6.07, 6.45) is 1.56. The maximum atomic E-state index is 11.4. The van der Waals surface area contributed by atoms with E-state index in [4.69, 9.17) is 11.6 Å². The first-order valence-corrected chi connectivity index (χ1v) is 4.71. The highest BCUT2D eigenvalue weighted by atomic mass is 35.5. The third-order valence-electron chi connectivity index (χ3n) is 2.28. The van der Waals surface area contributed by atoms with Crippen LogP contribution in [-0.2, 0) is 11.8 Å².